The molecule has 0 aromatic heterocycles. The summed E-state index contributed by atoms with van der Waals surface area (Å²) in [6.07, 6.45) is -1.46. The molecule has 0 heterocycles. The van der Waals surface area contributed by atoms with Crippen LogP contribution in [0.3, 0.4) is 0 Å². The zero-order valence-corrected chi connectivity index (χ0v) is 9.38. The predicted octanol–water partition coefficient (Wildman–Crippen LogP) is 1.95. The molecular weight excluding hydrogens is 223 g/mol. The molecule has 1 aromatic carbocycles. The molecule has 0 bridgehead atoms. The summed E-state index contributed by atoms with van der Waals surface area (Å²) in [6.45, 7) is 0.172. The molecule has 0 radical (unpaired) electrons. The maximum atomic E-state index is 13.0. The number of hydrogen-bond acceptors (Lipinski definition) is 3. The van der Waals surface area contributed by atoms with E-state index in [9.17, 15) is 14.3 Å². The van der Waals surface area contributed by atoms with Crippen LogP contribution < -0.4 is 0 Å². The first kappa shape index (κ1) is 12.0. The minimum atomic E-state index is -1.18. The number of esters is 1. The molecular formula is C13H15FO3. The third kappa shape index (κ3) is 3.03. The molecule has 0 aliphatic heterocycles. The Bertz CT molecular complexity index is 370. The molecule has 1 aliphatic rings. The van der Waals surface area contributed by atoms with Crippen molar-refractivity contribution < 1.29 is 19.0 Å². The molecule has 0 saturated heterocycles. The molecule has 3 atom stereocenters. The first-order valence-electron chi connectivity index (χ1n) is 5.71. The third-order valence-electron chi connectivity index (χ3n) is 3.01. The highest BCUT2D eigenvalue weighted by atomic mass is 19.1. The van der Waals surface area contributed by atoms with Crippen LogP contribution in [0, 0.1) is 5.92 Å². The Balaban J connectivity index is 1.81. The van der Waals surface area contributed by atoms with Gasteiger partial charge in [-0.15, -0.1) is 0 Å². The van der Waals surface area contributed by atoms with Crippen molar-refractivity contribution in [3.05, 3.63) is 35.9 Å². The molecule has 1 N–H and O–H groups in total. The average Bonchev–Trinajstić information content (AvgIpc) is 2.67. The fourth-order valence-electron chi connectivity index (χ4n) is 2.05. The lowest BCUT2D eigenvalue weighted by molar-refractivity contribution is 0.0431. The molecule has 3 nitrogen and oxygen atoms in total. The van der Waals surface area contributed by atoms with E-state index >= 15 is 0 Å². The number of carbonyl (C=O) groups excluding carboxylic acids is 1. The van der Waals surface area contributed by atoms with Crippen molar-refractivity contribution in [2.24, 2.45) is 5.92 Å². The van der Waals surface area contributed by atoms with E-state index in [0.717, 1.165) is 0 Å². The van der Waals surface area contributed by atoms with Crippen molar-refractivity contribution in [2.75, 3.05) is 6.61 Å². The molecule has 0 amide bonds. The topological polar surface area (TPSA) is 46.5 Å². The van der Waals surface area contributed by atoms with Crippen LogP contribution in [0.5, 0.6) is 0 Å². The zero-order chi connectivity index (χ0) is 12.3. The van der Waals surface area contributed by atoms with E-state index in [1.165, 1.54) is 0 Å². The highest BCUT2D eigenvalue weighted by molar-refractivity contribution is 5.89. The minimum absolute atomic E-state index is 0.0762. The number of benzene rings is 1. The molecule has 1 saturated carbocycles. The van der Waals surface area contributed by atoms with Crippen molar-refractivity contribution in [2.45, 2.75) is 25.1 Å². The summed E-state index contributed by atoms with van der Waals surface area (Å²) in [7, 11) is 0. The number of rotatable bonds is 3. The second-order valence-electron chi connectivity index (χ2n) is 4.39. The van der Waals surface area contributed by atoms with Crippen molar-refractivity contribution in [3.8, 4) is 0 Å². The van der Waals surface area contributed by atoms with Crippen LogP contribution >= 0.6 is 0 Å². The summed E-state index contributed by atoms with van der Waals surface area (Å²) in [5, 5.41) is 9.23. The first-order chi connectivity index (χ1) is 8.16. The van der Waals surface area contributed by atoms with Gasteiger partial charge in [0, 0.05) is 0 Å². The standard InChI is InChI=1S/C13H15FO3/c14-11-6-9(7-12(11)15)8-17-13(16)10-4-2-1-3-5-10/h1-5,9,11-12,15H,6-8H2/t9-,11-,12-/m0/s1. The number of hydrogen-bond donors (Lipinski definition) is 1. The predicted molar refractivity (Wildman–Crippen MR) is 60.4 cm³/mol. The fraction of sp³-hybridized carbons (Fsp3) is 0.462. The zero-order valence-electron chi connectivity index (χ0n) is 9.38. The lowest BCUT2D eigenvalue weighted by Gasteiger charge is -2.09. The van der Waals surface area contributed by atoms with Gasteiger partial charge in [0.15, 0.2) is 0 Å². The number of ether oxygens (including phenoxy) is 1. The summed E-state index contributed by atoms with van der Waals surface area (Å²) in [6, 6.07) is 8.67. The van der Waals surface area contributed by atoms with Crippen LogP contribution in [0.15, 0.2) is 30.3 Å². The van der Waals surface area contributed by atoms with Gasteiger partial charge in [-0.25, -0.2) is 9.18 Å². The molecule has 0 spiro atoms. The van der Waals surface area contributed by atoms with Gasteiger partial charge in [0.2, 0.25) is 0 Å². The Hall–Kier alpha value is -1.42. The van der Waals surface area contributed by atoms with Gasteiger partial charge in [-0.3, -0.25) is 0 Å². The van der Waals surface area contributed by atoms with E-state index in [-0.39, 0.29) is 18.9 Å². The van der Waals surface area contributed by atoms with Gasteiger partial charge in [0.05, 0.1) is 18.3 Å². The Morgan fingerprint density at radius 2 is 2.06 bits per heavy atom. The summed E-state index contributed by atoms with van der Waals surface area (Å²) >= 11 is 0. The Labute approximate surface area is 99.2 Å². The van der Waals surface area contributed by atoms with Crippen molar-refractivity contribution in [3.63, 3.8) is 0 Å². The van der Waals surface area contributed by atoms with Crippen LogP contribution in [0.2, 0.25) is 0 Å². The highest BCUT2D eigenvalue weighted by Crippen LogP contribution is 2.28. The van der Waals surface area contributed by atoms with Gasteiger partial charge in [-0.1, -0.05) is 18.2 Å². The molecule has 1 fully saturated rings. The van der Waals surface area contributed by atoms with Gasteiger partial charge in [-0.2, -0.15) is 0 Å². The van der Waals surface area contributed by atoms with Gasteiger partial charge in [-0.05, 0) is 30.9 Å². The SMILES string of the molecule is O=C(OC[C@@H]1C[C@H](O)[C@@H](F)C1)c1ccccc1. The monoisotopic (exact) mass is 238 g/mol. The first-order valence-corrected chi connectivity index (χ1v) is 5.71. The van der Waals surface area contributed by atoms with Gasteiger partial charge in [0.1, 0.15) is 6.17 Å². The molecule has 4 heteroatoms. The summed E-state index contributed by atoms with van der Waals surface area (Å²) in [4.78, 5) is 11.6. The van der Waals surface area contributed by atoms with Gasteiger partial charge in [0.25, 0.3) is 0 Å². The van der Waals surface area contributed by atoms with E-state index in [0.29, 0.717) is 12.0 Å². The quantitative estimate of drug-likeness (QED) is 0.819. The van der Waals surface area contributed by atoms with Crippen LogP contribution in [0.4, 0.5) is 4.39 Å². The van der Waals surface area contributed by atoms with Crippen molar-refractivity contribution in [1.82, 2.24) is 0 Å². The third-order valence-corrected chi connectivity index (χ3v) is 3.01. The Morgan fingerprint density at radius 3 is 2.65 bits per heavy atom. The number of alkyl halides is 1. The van der Waals surface area contributed by atoms with Crippen LogP contribution in [0.1, 0.15) is 23.2 Å². The Kier molecular flexibility index (Phi) is 3.74. The number of aliphatic hydroxyl groups excluding tert-OH is 1. The number of halogens is 1. The molecule has 1 aliphatic carbocycles. The van der Waals surface area contributed by atoms with E-state index in [1.54, 1.807) is 24.3 Å². The van der Waals surface area contributed by atoms with E-state index in [1.807, 2.05) is 6.07 Å². The van der Waals surface area contributed by atoms with Gasteiger partial charge < -0.3 is 9.84 Å². The lowest BCUT2D eigenvalue weighted by Crippen LogP contribution is -2.13. The summed E-state index contributed by atoms with van der Waals surface area (Å²) < 4.78 is 18.1. The summed E-state index contributed by atoms with van der Waals surface area (Å²) in [5.41, 5.74) is 0.489. The Morgan fingerprint density at radius 1 is 1.35 bits per heavy atom. The van der Waals surface area contributed by atoms with Gasteiger partial charge >= 0.3 is 5.97 Å². The van der Waals surface area contributed by atoms with Crippen LogP contribution in [-0.4, -0.2) is 30.0 Å². The molecule has 2 rings (SSSR count). The molecule has 0 unspecified atom stereocenters. The maximum absolute atomic E-state index is 13.0. The van der Waals surface area contributed by atoms with E-state index in [4.69, 9.17) is 4.74 Å². The largest absolute Gasteiger partial charge is 0.462 e. The molecule has 17 heavy (non-hydrogen) atoms. The van der Waals surface area contributed by atoms with E-state index in [2.05, 4.69) is 0 Å². The lowest BCUT2D eigenvalue weighted by atomic mass is 10.1. The highest BCUT2D eigenvalue weighted by Gasteiger charge is 2.33. The molecule has 1 aromatic rings. The smallest absolute Gasteiger partial charge is 0.338 e. The normalized spacial score (nSPS) is 28.0. The van der Waals surface area contributed by atoms with Crippen molar-refractivity contribution >= 4 is 5.97 Å². The minimum Gasteiger partial charge on any atom is -0.462 e. The average molecular weight is 238 g/mol. The fourth-order valence-corrected chi connectivity index (χ4v) is 2.05. The maximum Gasteiger partial charge on any atom is 0.338 e. The summed E-state index contributed by atoms with van der Waals surface area (Å²) in [5.74, 6) is -0.477. The van der Waals surface area contributed by atoms with Crippen molar-refractivity contribution in [1.29, 1.82) is 0 Å². The van der Waals surface area contributed by atoms with Crippen LogP contribution in [0.25, 0.3) is 0 Å². The van der Waals surface area contributed by atoms with Crippen LogP contribution in [-0.2, 0) is 4.74 Å². The molecule has 92 valence electrons. The second kappa shape index (κ2) is 5.27. The second-order valence-corrected chi connectivity index (χ2v) is 4.39. The van der Waals surface area contributed by atoms with E-state index < -0.39 is 18.2 Å². The number of aliphatic hydroxyl groups is 1. The number of carbonyl (C=O) groups is 1.